The Balaban J connectivity index is 1.94. The lowest BCUT2D eigenvalue weighted by molar-refractivity contribution is 0.305. The Kier molecular flexibility index (Phi) is 3.83. The Hall–Kier alpha value is -1.67. The van der Waals surface area contributed by atoms with Crippen molar-refractivity contribution in [1.82, 2.24) is 19.9 Å². The molecule has 0 aliphatic rings. The van der Waals surface area contributed by atoms with Crippen LogP contribution >= 0.6 is 23.1 Å². The van der Waals surface area contributed by atoms with E-state index in [1.54, 1.807) is 11.3 Å². The van der Waals surface area contributed by atoms with Crippen molar-refractivity contribution >= 4 is 34.3 Å². The first-order valence-corrected chi connectivity index (χ1v) is 7.80. The molecular formula is C12H12N4O2S2. The lowest BCUT2D eigenvalue weighted by atomic mass is 10.5. The van der Waals surface area contributed by atoms with E-state index >= 15 is 0 Å². The summed E-state index contributed by atoms with van der Waals surface area (Å²) in [6, 6.07) is 0. The third-order valence-corrected chi connectivity index (χ3v) is 4.29. The predicted octanol–water partition coefficient (Wildman–Crippen LogP) is 3.32. The molecule has 0 radical (unpaired) electrons. The number of fused-ring (bicyclic) bond motifs is 1. The summed E-state index contributed by atoms with van der Waals surface area (Å²) in [7, 11) is 0. The molecule has 3 heterocycles. The van der Waals surface area contributed by atoms with Crippen LogP contribution in [0.15, 0.2) is 25.7 Å². The molecule has 0 bridgehead atoms. The molecule has 0 aliphatic carbocycles. The normalized spacial score (nSPS) is 11.1. The van der Waals surface area contributed by atoms with Crippen molar-refractivity contribution in [2.24, 2.45) is 0 Å². The fourth-order valence-corrected chi connectivity index (χ4v) is 3.20. The van der Waals surface area contributed by atoms with Gasteiger partial charge >= 0.3 is 0 Å². The number of thiazole rings is 1. The molecule has 0 N–H and O–H groups in total. The van der Waals surface area contributed by atoms with Crippen molar-refractivity contribution in [3.63, 3.8) is 0 Å². The molecule has 3 aromatic rings. The summed E-state index contributed by atoms with van der Waals surface area (Å²) in [6.07, 6.45) is 2.25. The van der Waals surface area contributed by atoms with Crippen LogP contribution in [0.5, 0.6) is 5.88 Å². The van der Waals surface area contributed by atoms with Gasteiger partial charge < -0.3 is 9.15 Å². The Morgan fingerprint density at radius 1 is 1.35 bits per heavy atom. The quantitative estimate of drug-likeness (QED) is 0.669. The highest BCUT2D eigenvalue weighted by molar-refractivity contribution is 8.00. The molecule has 104 valence electrons. The van der Waals surface area contributed by atoms with Gasteiger partial charge in [0.05, 0.1) is 6.61 Å². The first kappa shape index (κ1) is 13.3. The van der Waals surface area contributed by atoms with E-state index in [1.165, 1.54) is 18.2 Å². The molecule has 0 saturated carbocycles. The summed E-state index contributed by atoms with van der Waals surface area (Å²) in [6.45, 7) is 4.57. The second-order valence-electron chi connectivity index (χ2n) is 4.02. The average molecular weight is 308 g/mol. The summed E-state index contributed by atoms with van der Waals surface area (Å²) in [5.74, 6) is 0.460. The van der Waals surface area contributed by atoms with Gasteiger partial charge in [0.15, 0.2) is 16.2 Å². The number of hydrogen-bond acceptors (Lipinski definition) is 8. The molecule has 0 amide bonds. The maximum atomic E-state index is 5.61. The van der Waals surface area contributed by atoms with E-state index in [9.17, 15) is 0 Å². The molecule has 0 aromatic carbocycles. The average Bonchev–Trinajstić information content (AvgIpc) is 3.05. The largest absolute Gasteiger partial charge is 0.476 e. The highest BCUT2D eigenvalue weighted by Crippen LogP contribution is 2.31. The minimum Gasteiger partial charge on any atom is -0.476 e. The SMILES string of the molecule is CCCOc1nc(Sc2nc(C)cs2)nc2ocnc12. The maximum absolute atomic E-state index is 5.61. The second-order valence-corrected chi connectivity index (χ2v) is 6.10. The monoisotopic (exact) mass is 308 g/mol. The molecular weight excluding hydrogens is 296 g/mol. The first-order chi connectivity index (χ1) is 9.76. The van der Waals surface area contributed by atoms with Gasteiger partial charge in [0.25, 0.3) is 5.71 Å². The zero-order valence-electron chi connectivity index (χ0n) is 11.0. The number of rotatable bonds is 5. The Labute approximate surface area is 123 Å². The van der Waals surface area contributed by atoms with Crippen molar-refractivity contribution < 1.29 is 9.15 Å². The van der Waals surface area contributed by atoms with E-state index in [0.717, 1.165) is 16.5 Å². The highest BCUT2D eigenvalue weighted by atomic mass is 32.2. The Morgan fingerprint density at radius 2 is 2.25 bits per heavy atom. The smallest absolute Gasteiger partial charge is 0.254 e. The number of ether oxygens (including phenoxy) is 1. The van der Waals surface area contributed by atoms with Gasteiger partial charge in [0, 0.05) is 11.1 Å². The standard InChI is InChI=1S/C12H12N4O2S2/c1-3-4-17-9-8-10(18-6-13-8)16-11(15-9)20-12-14-7(2)5-19-12/h5-6H,3-4H2,1-2H3. The van der Waals surface area contributed by atoms with Crippen LogP contribution in [0.4, 0.5) is 0 Å². The summed E-state index contributed by atoms with van der Waals surface area (Å²) in [5.41, 5.74) is 1.97. The van der Waals surface area contributed by atoms with E-state index in [2.05, 4.69) is 19.9 Å². The fourth-order valence-electron chi connectivity index (χ4n) is 1.52. The third kappa shape index (κ3) is 2.75. The Morgan fingerprint density at radius 3 is 3.00 bits per heavy atom. The van der Waals surface area contributed by atoms with Gasteiger partial charge in [0.1, 0.15) is 0 Å². The molecule has 0 unspecified atom stereocenters. The van der Waals surface area contributed by atoms with E-state index < -0.39 is 0 Å². The zero-order chi connectivity index (χ0) is 13.9. The summed E-state index contributed by atoms with van der Waals surface area (Å²) >= 11 is 2.95. The first-order valence-electron chi connectivity index (χ1n) is 6.10. The van der Waals surface area contributed by atoms with Gasteiger partial charge in [-0.2, -0.15) is 9.97 Å². The lowest BCUT2D eigenvalue weighted by Gasteiger charge is -2.04. The summed E-state index contributed by atoms with van der Waals surface area (Å²) < 4.78 is 11.7. The van der Waals surface area contributed by atoms with Crippen molar-refractivity contribution in [2.75, 3.05) is 6.61 Å². The number of oxazole rings is 1. The van der Waals surface area contributed by atoms with E-state index in [0.29, 0.717) is 28.9 Å². The van der Waals surface area contributed by atoms with Crippen LogP contribution in [0.2, 0.25) is 0 Å². The van der Waals surface area contributed by atoms with E-state index in [-0.39, 0.29) is 0 Å². The van der Waals surface area contributed by atoms with Gasteiger partial charge in [-0.25, -0.2) is 9.97 Å². The molecule has 0 spiro atoms. The van der Waals surface area contributed by atoms with Crippen molar-refractivity contribution in [1.29, 1.82) is 0 Å². The second kappa shape index (κ2) is 5.76. The number of nitrogens with zero attached hydrogens (tertiary/aromatic N) is 4. The van der Waals surface area contributed by atoms with Crippen LogP contribution in [0.3, 0.4) is 0 Å². The molecule has 8 heteroatoms. The van der Waals surface area contributed by atoms with Gasteiger partial charge in [-0.1, -0.05) is 6.92 Å². The molecule has 20 heavy (non-hydrogen) atoms. The molecule has 3 rings (SSSR count). The number of aryl methyl sites for hydroxylation is 1. The van der Waals surface area contributed by atoms with Crippen LogP contribution in [-0.4, -0.2) is 26.5 Å². The van der Waals surface area contributed by atoms with Crippen LogP contribution in [0, 0.1) is 6.92 Å². The van der Waals surface area contributed by atoms with Crippen LogP contribution in [-0.2, 0) is 0 Å². The van der Waals surface area contributed by atoms with Crippen LogP contribution in [0.1, 0.15) is 19.0 Å². The van der Waals surface area contributed by atoms with Gasteiger partial charge in [-0.3, -0.25) is 0 Å². The van der Waals surface area contributed by atoms with E-state index in [1.807, 2.05) is 19.2 Å². The van der Waals surface area contributed by atoms with Gasteiger partial charge in [0.2, 0.25) is 11.0 Å². The number of hydrogen-bond donors (Lipinski definition) is 0. The molecule has 0 fully saturated rings. The maximum Gasteiger partial charge on any atom is 0.254 e. The van der Waals surface area contributed by atoms with Crippen molar-refractivity contribution in [3.8, 4) is 5.88 Å². The Bertz CT molecular complexity index is 725. The summed E-state index contributed by atoms with van der Waals surface area (Å²) in [5, 5.41) is 2.54. The summed E-state index contributed by atoms with van der Waals surface area (Å²) in [4.78, 5) is 17.2. The van der Waals surface area contributed by atoms with Crippen LogP contribution < -0.4 is 4.74 Å². The fraction of sp³-hybridized carbons (Fsp3) is 0.333. The predicted molar refractivity (Wildman–Crippen MR) is 76.4 cm³/mol. The van der Waals surface area contributed by atoms with Crippen molar-refractivity contribution in [2.45, 2.75) is 29.8 Å². The highest BCUT2D eigenvalue weighted by Gasteiger charge is 2.14. The minimum absolute atomic E-state index is 0.432. The van der Waals surface area contributed by atoms with Crippen LogP contribution in [0.25, 0.3) is 11.2 Å². The topological polar surface area (TPSA) is 73.9 Å². The third-order valence-electron chi connectivity index (χ3n) is 2.37. The molecule has 0 atom stereocenters. The zero-order valence-corrected chi connectivity index (χ0v) is 12.6. The minimum atomic E-state index is 0.432. The molecule has 3 aromatic heterocycles. The number of aromatic nitrogens is 4. The van der Waals surface area contributed by atoms with E-state index in [4.69, 9.17) is 9.15 Å². The van der Waals surface area contributed by atoms with Gasteiger partial charge in [-0.05, 0) is 25.1 Å². The molecule has 0 aliphatic heterocycles. The molecule has 0 saturated heterocycles. The van der Waals surface area contributed by atoms with Crippen molar-refractivity contribution in [3.05, 3.63) is 17.5 Å². The molecule has 6 nitrogen and oxygen atoms in total. The van der Waals surface area contributed by atoms with Gasteiger partial charge in [-0.15, -0.1) is 11.3 Å². The lowest BCUT2D eigenvalue weighted by Crippen LogP contribution is -2.00.